The molecule has 13 heavy (non-hydrogen) atoms. The first-order valence-electron chi connectivity index (χ1n) is 1.30. The summed E-state index contributed by atoms with van der Waals surface area (Å²) in [7, 11) is 0. The summed E-state index contributed by atoms with van der Waals surface area (Å²) in [5.41, 5.74) is 0. The Morgan fingerprint density at radius 3 is 0.615 bits per heavy atom. The average molecular weight is 299 g/mol. The Morgan fingerprint density at radius 2 is 0.615 bits per heavy atom. The second-order valence-electron chi connectivity index (χ2n) is 0.565. The van der Waals surface area contributed by atoms with Crippen LogP contribution in [0.4, 0.5) is 9.59 Å². The largest absolute Gasteiger partial charge is 2.00 e. The van der Waals surface area contributed by atoms with Crippen LogP contribution < -0.4 is 24.6 Å². The van der Waals surface area contributed by atoms with Gasteiger partial charge in [-0.3, -0.25) is 0 Å². The van der Waals surface area contributed by atoms with Crippen LogP contribution in [0.1, 0.15) is 0 Å². The molecule has 0 aromatic rings. The van der Waals surface area contributed by atoms with Gasteiger partial charge in [0, 0.05) is 0 Å². The molecule has 0 saturated carbocycles. The summed E-state index contributed by atoms with van der Waals surface area (Å²) in [4.78, 5) is 17.1. The minimum Gasteiger partial charge on any atom is -0.450 e. The Kier molecular flexibility index (Phi) is 195. The Bertz CT molecular complexity index is 80.6. The van der Waals surface area contributed by atoms with Crippen molar-refractivity contribution in [3.8, 4) is 0 Å². The molecule has 0 aromatic heterocycles. The van der Waals surface area contributed by atoms with Crippen molar-refractivity contribution in [2.45, 2.75) is 0 Å². The molecular formula is C2H16N4O6Pd+2. The van der Waals surface area contributed by atoms with Gasteiger partial charge in [0.15, 0.2) is 0 Å². The van der Waals surface area contributed by atoms with E-state index in [0.717, 1.165) is 0 Å². The van der Waals surface area contributed by atoms with Crippen LogP contribution in [0.2, 0.25) is 0 Å². The fourth-order valence-electron chi connectivity index (χ4n) is 0. The third-order valence-corrected chi connectivity index (χ3v) is 0. The standard InChI is InChI=1S/2CH2O3.4H3N.Pd/c2*2-1(3)4;;;;;/h2*(H2,2,3,4);4*1H3;/q;;;;;;+2. The Labute approximate surface area is 87.9 Å². The maximum atomic E-state index is 8.56. The number of carboxylic acid groups (broad SMARTS) is 4. The predicted molar refractivity (Wildman–Crippen MR) is 41.4 cm³/mol. The van der Waals surface area contributed by atoms with Gasteiger partial charge in [-0.05, 0) is 0 Å². The average Bonchev–Trinajstić information content (AvgIpc) is 1.25. The van der Waals surface area contributed by atoms with E-state index in [1.807, 2.05) is 0 Å². The molecule has 0 bridgehead atoms. The smallest absolute Gasteiger partial charge is 0.450 e. The van der Waals surface area contributed by atoms with Gasteiger partial charge < -0.3 is 45.0 Å². The van der Waals surface area contributed by atoms with E-state index >= 15 is 0 Å². The first-order valence-corrected chi connectivity index (χ1v) is 1.30. The summed E-state index contributed by atoms with van der Waals surface area (Å²) in [6.07, 6.45) is -3.67. The first-order chi connectivity index (χ1) is 3.46. The molecule has 0 aliphatic heterocycles. The maximum absolute atomic E-state index is 8.56. The molecule has 0 radical (unpaired) electrons. The molecule has 0 saturated heterocycles. The van der Waals surface area contributed by atoms with Gasteiger partial charge in [-0.2, -0.15) is 0 Å². The van der Waals surface area contributed by atoms with Crippen LogP contribution in [-0.4, -0.2) is 32.7 Å². The molecule has 10 nitrogen and oxygen atoms in total. The van der Waals surface area contributed by atoms with E-state index in [4.69, 9.17) is 30.0 Å². The molecule has 0 aliphatic carbocycles. The summed E-state index contributed by atoms with van der Waals surface area (Å²) in [5, 5.41) is 27.9. The molecule has 11 heteroatoms. The van der Waals surface area contributed by atoms with Gasteiger partial charge in [-0.25, -0.2) is 9.59 Å². The van der Waals surface area contributed by atoms with Gasteiger partial charge in [-0.15, -0.1) is 0 Å². The summed E-state index contributed by atoms with van der Waals surface area (Å²) < 4.78 is 0. The van der Waals surface area contributed by atoms with E-state index in [-0.39, 0.29) is 45.0 Å². The zero-order valence-corrected chi connectivity index (χ0v) is 8.30. The zero-order chi connectivity index (χ0) is 7.15. The molecule has 0 heterocycles. The molecule has 0 aromatic carbocycles. The number of hydrogen-bond donors (Lipinski definition) is 8. The van der Waals surface area contributed by atoms with Crippen molar-refractivity contribution in [2.75, 3.05) is 0 Å². The third kappa shape index (κ3) is 984. The Hall–Kier alpha value is -0.958. The molecule has 0 amide bonds. The SMILES string of the molecule is N.N.N.N.O=C(O)O.O=C(O)O.[Pd+2]. The van der Waals surface area contributed by atoms with Crippen molar-refractivity contribution in [1.29, 1.82) is 0 Å². The van der Waals surface area contributed by atoms with Crippen LogP contribution in [0.3, 0.4) is 0 Å². The van der Waals surface area contributed by atoms with Gasteiger partial charge in [0.1, 0.15) is 0 Å². The molecular weight excluding hydrogens is 282 g/mol. The summed E-state index contributed by atoms with van der Waals surface area (Å²) >= 11 is 0. The van der Waals surface area contributed by atoms with Gasteiger partial charge in [0.05, 0.1) is 0 Å². The summed E-state index contributed by atoms with van der Waals surface area (Å²) in [6, 6.07) is 0. The van der Waals surface area contributed by atoms with Crippen molar-refractivity contribution in [1.82, 2.24) is 24.6 Å². The molecule has 88 valence electrons. The van der Waals surface area contributed by atoms with E-state index < -0.39 is 12.3 Å². The van der Waals surface area contributed by atoms with Crippen molar-refractivity contribution in [3.05, 3.63) is 0 Å². The van der Waals surface area contributed by atoms with Crippen LogP contribution in [-0.2, 0) is 20.4 Å². The van der Waals surface area contributed by atoms with Gasteiger partial charge in [-0.1, -0.05) is 0 Å². The monoisotopic (exact) mass is 298 g/mol. The second kappa shape index (κ2) is 43.8. The topological polar surface area (TPSA) is 255 Å². The van der Waals surface area contributed by atoms with Crippen molar-refractivity contribution < 1.29 is 50.4 Å². The number of carbonyl (C=O) groups is 2. The van der Waals surface area contributed by atoms with Gasteiger partial charge in [0.25, 0.3) is 0 Å². The van der Waals surface area contributed by atoms with Crippen LogP contribution in [0.25, 0.3) is 0 Å². The van der Waals surface area contributed by atoms with Crippen molar-refractivity contribution in [3.63, 3.8) is 0 Å². The van der Waals surface area contributed by atoms with E-state index in [1.165, 1.54) is 0 Å². The Morgan fingerprint density at radius 1 is 0.615 bits per heavy atom. The number of rotatable bonds is 0. The van der Waals surface area contributed by atoms with Crippen LogP contribution in [0.5, 0.6) is 0 Å². The quantitative estimate of drug-likeness (QED) is 0.295. The van der Waals surface area contributed by atoms with Gasteiger partial charge in [0.2, 0.25) is 0 Å². The normalized spacial score (nSPS) is 3.69. The van der Waals surface area contributed by atoms with Gasteiger partial charge >= 0.3 is 32.7 Å². The predicted octanol–water partition coefficient (Wildman–Crippen LogP) is 1.09. The molecule has 0 atom stereocenters. The van der Waals surface area contributed by atoms with Crippen molar-refractivity contribution in [2.24, 2.45) is 0 Å². The molecule has 0 aliphatic rings. The minimum absolute atomic E-state index is 0. The van der Waals surface area contributed by atoms with Crippen LogP contribution in [0, 0.1) is 0 Å². The van der Waals surface area contributed by atoms with E-state index in [9.17, 15) is 0 Å². The summed E-state index contributed by atoms with van der Waals surface area (Å²) in [5.74, 6) is 0. The van der Waals surface area contributed by atoms with Crippen LogP contribution >= 0.6 is 0 Å². The fourth-order valence-corrected chi connectivity index (χ4v) is 0. The van der Waals surface area contributed by atoms with Crippen LogP contribution in [0.15, 0.2) is 0 Å². The first kappa shape index (κ1) is 57.8. The minimum atomic E-state index is -1.83. The number of hydrogen-bond acceptors (Lipinski definition) is 6. The van der Waals surface area contributed by atoms with Crippen molar-refractivity contribution >= 4 is 12.3 Å². The molecule has 0 unspecified atom stereocenters. The van der Waals surface area contributed by atoms with E-state index in [2.05, 4.69) is 0 Å². The second-order valence-corrected chi connectivity index (χ2v) is 0.565. The zero-order valence-electron chi connectivity index (χ0n) is 6.75. The molecule has 0 spiro atoms. The molecule has 0 fully saturated rings. The maximum Gasteiger partial charge on any atom is 2.00 e. The van der Waals surface area contributed by atoms with E-state index in [1.54, 1.807) is 0 Å². The molecule has 16 N–H and O–H groups in total. The molecule has 0 rings (SSSR count). The third-order valence-electron chi connectivity index (χ3n) is 0. The Balaban J connectivity index is -0.00000000800. The summed E-state index contributed by atoms with van der Waals surface area (Å²) in [6.45, 7) is 0. The fraction of sp³-hybridized carbons (Fsp3) is 0. The van der Waals surface area contributed by atoms with E-state index in [0.29, 0.717) is 0 Å².